The van der Waals surface area contributed by atoms with E-state index in [1.165, 1.54) is 0 Å². The number of primary amides is 1. The standard InChI is InChI=1S/C21H26N2O3/c1-5-14(19(22)24)15-10-6-7-11-16(15)17-12-8-9-13-18(17)23-20(25)26-21(2,3)4/h6-14H,5H2,1-4H3,(H2,22,24)(H,23,25). The molecule has 0 aliphatic rings. The maximum absolute atomic E-state index is 12.2. The van der Waals surface area contributed by atoms with Crippen LogP contribution in [0, 0.1) is 0 Å². The molecule has 0 saturated carbocycles. The van der Waals surface area contributed by atoms with E-state index >= 15 is 0 Å². The van der Waals surface area contributed by atoms with Crippen LogP contribution < -0.4 is 11.1 Å². The molecule has 2 rings (SSSR count). The lowest BCUT2D eigenvalue weighted by atomic mass is 9.88. The Bertz CT molecular complexity index is 794. The molecule has 0 heterocycles. The van der Waals surface area contributed by atoms with Crippen LogP contribution in [-0.2, 0) is 9.53 Å². The molecule has 26 heavy (non-hydrogen) atoms. The van der Waals surface area contributed by atoms with Crippen LogP contribution in [0.4, 0.5) is 10.5 Å². The van der Waals surface area contributed by atoms with Crippen molar-refractivity contribution >= 4 is 17.7 Å². The van der Waals surface area contributed by atoms with E-state index in [2.05, 4.69) is 5.32 Å². The molecule has 3 N–H and O–H groups in total. The number of carbonyl (C=O) groups excluding carboxylic acids is 2. The Labute approximate surface area is 154 Å². The van der Waals surface area contributed by atoms with Gasteiger partial charge in [0.15, 0.2) is 0 Å². The average molecular weight is 354 g/mol. The number of hydrogen-bond acceptors (Lipinski definition) is 3. The zero-order valence-electron chi connectivity index (χ0n) is 15.7. The van der Waals surface area contributed by atoms with Gasteiger partial charge in [0.25, 0.3) is 0 Å². The third kappa shape index (κ3) is 4.85. The molecular formula is C21H26N2O3. The van der Waals surface area contributed by atoms with E-state index in [-0.39, 0.29) is 11.8 Å². The fraction of sp³-hybridized carbons (Fsp3) is 0.333. The smallest absolute Gasteiger partial charge is 0.412 e. The summed E-state index contributed by atoms with van der Waals surface area (Å²) in [5.74, 6) is -0.752. The number of hydrogen-bond donors (Lipinski definition) is 2. The van der Waals surface area contributed by atoms with E-state index in [9.17, 15) is 9.59 Å². The maximum Gasteiger partial charge on any atom is 0.412 e. The van der Waals surface area contributed by atoms with E-state index in [1.807, 2.05) is 70.2 Å². The Morgan fingerprint density at radius 2 is 1.62 bits per heavy atom. The Balaban J connectivity index is 2.45. The molecule has 5 nitrogen and oxygen atoms in total. The number of nitrogens with one attached hydrogen (secondary N) is 1. The fourth-order valence-electron chi connectivity index (χ4n) is 2.86. The normalized spacial score (nSPS) is 12.3. The molecule has 1 unspecified atom stereocenters. The minimum Gasteiger partial charge on any atom is -0.444 e. The van der Waals surface area contributed by atoms with Crippen molar-refractivity contribution < 1.29 is 14.3 Å². The summed E-state index contributed by atoms with van der Waals surface area (Å²) >= 11 is 0. The molecule has 2 aromatic carbocycles. The zero-order chi connectivity index (χ0) is 19.3. The first-order chi connectivity index (χ1) is 12.2. The molecule has 138 valence electrons. The summed E-state index contributed by atoms with van der Waals surface area (Å²) in [4.78, 5) is 24.1. The van der Waals surface area contributed by atoms with Gasteiger partial charge in [-0.05, 0) is 44.4 Å². The van der Waals surface area contributed by atoms with Gasteiger partial charge in [-0.25, -0.2) is 4.79 Å². The molecule has 2 aromatic rings. The first kappa shape index (κ1) is 19.5. The Morgan fingerprint density at radius 1 is 1.04 bits per heavy atom. The summed E-state index contributed by atoms with van der Waals surface area (Å²) in [5, 5.41) is 2.80. The number of rotatable bonds is 5. The van der Waals surface area contributed by atoms with Crippen LogP contribution in [0.25, 0.3) is 11.1 Å². The van der Waals surface area contributed by atoms with Crippen LogP contribution in [0.3, 0.4) is 0 Å². The highest BCUT2D eigenvalue weighted by atomic mass is 16.6. The molecule has 0 aliphatic heterocycles. The predicted molar refractivity (Wildman–Crippen MR) is 104 cm³/mol. The van der Waals surface area contributed by atoms with Crippen LogP contribution in [0.1, 0.15) is 45.6 Å². The van der Waals surface area contributed by atoms with Gasteiger partial charge in [-0.15, -0.1) is 0 Å². The zero-order valence-corrected chi connectivity index (χ0v) is 15.7. The summed E-state index contributed by atoms with van der Waals surface area (Å²) < 4.78 is 5.35. The van der Waals surface area contributed by atoms with E-state index in [1.54, 1.807) is 6.07 Å². The van der Waals surface area contributed by atoms with Gasteiger partial charge in [0.1, 0.15) is 5.60 Å². The quantitative estimate of drug-likeness (QED) is 0.818. The minimum atomic E-state index is -0.587. The van der Waals surface area contributed by atoms with Crippen molar-refractivity contribution in [3.05, 3.63) is 54.1 Å². The third-order valence-corrected chi connectivity index (χ3v) is 3.94. The monoisotopic (exact) mass is 354 g/mol. The second kappa shape index (κ2) is 8.04. The third-order valence-electron chi connectivity index (χ3n) is 3.94. The minimum absolute atomic E-state index is 0.363. The average Bonchev–Trinajstić information content (AvgIpc) is 2.54. The van der Waals surface area contributed by atoms with Gasteiger partial charge in [-0.3, -0.25) is 10.1 Å². The summed E-state index contributed by atoms with van der Waals surface area (Å²) in [5.41, 5.74) is 8.14. The van der Waals surface area contributed by atoms with Gasteiger partial charge in [0.05, 0.1) is 11.6 Å². The molecule has 0 bridgehead atoms. The first-order valence-corrected chi connectivity index (χ1v) is 8.70. The lowest BCUT2D eigenvalue weighted by molar-refractivity contribution is -0.119. The second-order valence-electron chi connectivity index (χ2n) is 7.12. The molecule has 0 aromatic heterocycles. The molecule has 5 heteroatoms. The van der Waals surface area contributed by atoms with Gasteiger partial charge in [-0.2, -0.15) is 0 Å². The van der Waals surface area contributed by atoms with Crippen LogP contribution in [0.5, 0.6) is 0 Å². The van der Waals surface area contributed by atoms with Gasteiger partial charge in [0.2, 0.25) is 5.91 Å². The molecule has 1 atom stereocenters. The highest BCUT2D eigenvalue weighted by Gasteiger charge is 2.22. The molecule has 0 fully saturated rings. The van der Waals surface area contributed by atoms with Crippen molar-refractivity contribution in [2.45, 2.75) is 45.6 Å². The van der Waals surface area contributed by atoms with E-state index in [0.717, 1.165) is 16.7 Å². The Hall–Kier alpha value is -2.82. The Kier molecular flexibility index (Phi) is 6.03. The van der Waals surface area contributed by atoms with Gasteiger partial charge in [-0.1, -0.05) is 49.4 Å². The second-order valence-corrected chi connectivity index (χ2v) is 7.12. The van der Waals surface area contributed by atoms with Gasteiger partial charge in [0, 0.05) is 5.56 Å². The van der Waals surface area contributed by atoms with Crippen LogP contribution in [-0.4, -0.2) is 17.6 Å². The number of amides is 2. The van der Waals surface area contributed by atoms with E-state index in [0.29, 0.717) is 12.1 Å². The number of nitrogens with two attached hydrogens (primary N) is 1. The molecule has 0 saturated heterocycles. The molecule has 0 aliphatic carbocycles. The summed E-state index contributed by atoms with van der Waals surface area (Å²) in [6.45, 7) is 7.36. The topological polar surface area (TPSA) is 81.4 Å². The first-order valence-electron chi connectivity index (χ1n) is 8.70. The highest BCUT2D eigenvalue weighted by molar-refractivity contribution is 5.93. The largest absolute Gasteiger partial charge is 0.444 e. The van der Waals surface area contributed by atoms with Crippen LogP contribution >= 0.6 is 0 Å². The predicted octanol–water partition coefficient (Wildman–Crippen LogP) is 4.68. The van der Waals surface area contributed by atoms with Crippen LogP contribution in [0.15, 0.2) is 48.5 Å². The molecule has 0 spiro atoms. The lowest BCUT2D eigenvalue weighted by Gasteiger charge is -2.21. The highest BCUT2D eigenvalue weighted by Crippen LogP contribution is 2.35. The number of benzene rings is 2. The van der Waals surface area contributed by atoms with Gasteiger partial charge < -0.3 is 10.5 Å². The molecular weight excluding hydrogens is 328 g/mol. The van der Waals surface area contributed by atoms with Crippen molar-refractivity contribution in [2.24, 2.45) is 5.73 Å². The van der Waals surface area contributed by atoms with Crippen molar-refractivity contribution in [1.82, 2.24) is 0 Å². The van der Waals surface area contributed by atoms with Crippen molar-refractivity contribution in [3.8, 4) is 11.1 Å². The van der Waals surface area contributed by atoms with E-state index < -0.39 is 11.7 Å². The Morgan fingerprint density at radius 3 is 2.19 bits per heavy atom. The number of anilines is 1. The van der Waals surface area contributed by atoms with Crippen molar-refractivity contribution in [1.29, 1.82) is 0 Å². The SMILES string of the molecule is CCC(C(N)=O)c1ccccc1-c1ccccc1NC(=O)OC(C)(C)C. The van der Waals surface area contributed by atoms with E-state index in [4.69, 9.17) is 10.5 Å². The van der Waals surface area contributed by atoms with Gasteiger partial charge >= 0.3 is 6.09 Å². The summed E-state index contributed by atoms with van der Waals surface area (Å²) in [6, 6.07) is 15.0. The van der Waals surface area contributed by atoms with Crippen molar-refractivity contribution in [3.63, 3.8) is 0 Å². The molecule has 2 amide bonds. The number of carbonyl (C=O) groups is 2. The lowest BCUT2D eigenvalue weighted by Crippen LogP contribution is -2.27. The van der Waals surface area contributed by atoms with Crippen molar-refractivity contribution in [2.75, 3.05) is 5.32 Å². The fourth-order valence-corrected chi connectivity index (χ4v) is 2.86. The number of para-hydroxylation sites is 1. The van der Waals surface area contributed by atoms with Crippen LogP contribution in [0.2, 0.25) is 0 Å². The summed E-state index contributed by atoms with van der Waals surface area (Å²) in [7, 11) is 0. The summed E-state index contributed by atoms with van der Waals surface area (Å²) in [6.07, 6.45) is 0.0814. The molecule has 0 radical (unpaired) electrons. The number of ether oxygens (including phenoxy) is 1. The maximum atomic E-state index is 12.2.